The lowest BCUT2D eigenvalue weighted by atomic mass is 9.93. The van der Waals surface area contributed by atoms with Gasteiger partial charge in [-0.2, -0.15) is 13.2 Å². The van der Waals surface area contributed by atoms with Gasteiger partial charge in [0, 0.05) is 17.1 Å². The van der Waals surface area contributed by atoms with E-state index in [0.717, 1.165) is 16.8 Å². The van der Waals surface area contributed by atoms with Gasteiger partial charge in [-0.25, -0.2) is 0 Å². The number of benzene rings is 3. The second kappa shape index (κ2) is 7.22. The first-order valence-corrected chi connectivity index (χ1v) is 9.58. The van der Waals surface area contributed by atoms with Crippen molar-refractivity contribution in [3.8, 4) is 0 Å². The van der Waals surface area contributed by atoms with Crippen molar-refractivity contribution in [1.82, 2.24) is 5.32 Å². The van der Waals surface area contributed by atoms with Crippen molar-refractivity contribution < 1.29 is 22.7 Å². The largest absolute Gasteiger partial charge is 0.462 e. The molecule has 0 aromatic heterocycles. The van der Waals surface area contributed by atoms with Gasteiger partial charge in [-0.1, -0.05) is 64.5 Å². The fraction of sp³-hybridized carbons (Fsp3) is 0.136. The second-order valence-corrected chi connectivity index (χ2v) is 7.43. The molecular weight excluding hydrogens is 447 g/mol. The van der Waals surface area contributed by atoms with E-state index in [0.29, 0.717) is 5.56 Å². The fourth-order valence-corrected chi connectivity index (χ4v) is 3.98. The molecule has 1 atom stereocenters. The molecule has 3 aromatic carbocycles. The minimum Gasteiger partial charge on any atom is -0.462 e. The number of nitrogens with one attached hydrogen (secondary N) is 1. The monoisotopic (exact) mass is 461 g/mol. The van der Waals surface area contributed by atoms with Crippen molar-refractivity contribution in [2.45, 2.75) is 12.3 Å². The summed E-state index contributed by atoms with van der Waals surface area (Å²) < 4.78 is 45.8. The Morgan fingerprint density at radius 1 is 1.03 bits per heavy atom. The highest BCUT2D eigenvalue weighted by molar-refractivity contribution is 9.10. The molecule has 0 saturated carbocycles. The van der Waals surface area contributed by atoms with Gasteiger partial charge in [0.15, 0.2) is 12.0 Å². The first-order chi connectivity index (χ1) is 13.8. The molecule has 1 heterocycles. The Bertz CT molecular complexity index is 1150. The summed E-state index contributed by atoms with van der Waals surface area (Å²) in [7, 11) is 1.57. The van der Waals surface area contributed by atoms with Crippen molar-refractivity contribution in [3.05, 3.63) is 87.7 Å². The topological polar surface area (TPSA) is 38.3 Å². The molecule has 1 aliphatic rings. The van der Waals surface area contributed by atoms with Gasteiger partial charge in [0.1, 0.15) is 0 Å². The predicted octanol–water partition coefficient (Wildman–Crippen LogP) is 5.85. The molecule has 29 heavy (non-hydrogen) atoms. The van der Waals surface area contributed by atoms with Crippen LogP contribution in [0.3, 0.4) is 0 Å². The standard InChI is InChI=1S/C22H15BrF3NO2/c1-27-21-18(13-9-10-17(23)16(11-13)22(24,25)26)19(28)20(29-21)15-8-4-6-12-5-2-3-7-14(12)15/h2-11,20,27H,1H3. The summed E-state index contributed by atoms with van der Waals surface area (Å²) in [6.45, 7) is 0. The summed E-state index contributed by atoms with van der Waals surface area (Å²) >= 11 is 2.93. The van der Waals surface area contributed by atoms with Gasteiger partial charge in [0.05, 0.1) is 11.1 Å². The molecule has 148 valence electrons. The van der Waals surface area contributed by atoms with Crippen LogP contribution >= 0.6 is 15.9 Å². The van der Waals surface area contributed by atoms with Crippen molar-refractivity contribution in [3.63, 3.8) is 0 Å². The average Bonchev–Trinajstić information content (AvgIpc) is 3.03. The van der Waals surface area contributed by atoms with E-state index in [4.69, 9.17) is 4.74 Å². The fourth-order valence-electron chi connectivity index (χ4n) is 3.51. The minimum absolute atomic E-state index is 0.0858. The maximum atomic E-state index is 13.3. The van der Waals surface area contributed by atoms with Crippen LogP contribution in [0.4, 0.5) is 13.2 Å². The number of Topliss-reactive ketones (excluding diaryl/α,β-unsaturated/α-hetero) is 1. The van der Waals surface area contributed by atoms with Gasteiger partial charge < -0.3 is 10.1 Å². The molecule has 0 fully saturated rings. The number of ketones is 1. The summed E-state index contributed by atoms with van der Waals surface area (Å²) in [5.41, 5.74) is 0.0735. The number of ether oxygens (including phenoxy) is 1. The normalized spacial score (nSPS) is 17.0. The number of carbonyl (C=O) groups is 1. The van der Waals surface area contributed by atoms with Crippen LogP contribution in [0.25, 0.3) is 16.3 Å². The lowest BCUT2D eigenvalue weighted by Gasteiger charge is -2.14. The molecule has 0 saturated heterocycles. The zero-order valence-electron chi connectivity index (χ0n) is 15.2. The van der Waals surface area contributed by atoms with Crippen LogP contribution in [0, 0.1) is 0 Å². The molecule has 0 radical (unpaired) electrons. The quantitative estimate of drug-likeness (QED) is 0.531. The molecule has 0 spiro atoms. The van der Waals surface area contributed by atoms with Crippen molar-refractivity contribution in [2.24, 2.45) is 0 Å². The number of halogens is 4. The molecule has 1 aliphatic heterocycles. The lowest BCUT2D eigenvalue weighted by Crippen LogP contribution is -2.11. The van der Waals surface area contributed by atoms with E-state index in [9.17, 15) is 18.0 Å². The molecule has 3 aromatic rings. The SMILES string of the molecule is CNC1=C(c2ccc(Br)c(C(F)(F)F)c2)C(=O)C(c2cccc3ccccc23)O1. The van der Waals surface area contributed by atoms with Crippen LogP contribution < -0.4 is 5.32 Å². The summed E-state index contributed by atoms with van der Waals surface area (Å²) in [4.78, 5) is 13.2. The second-order valence-electron chi connectivity index (χ2n) is 6.58. The zero-order chi connectivity index (χ0) is 20.8. The molecular formula is C22H15BrF3NO2. The molecule has 7 heteroatoms. The van der Waals surface area contributed by atoms with Crippen LogP contribution in [0.15, 0.2) is 71.0 Å². The first-order valence-electron chi connectivity index (χ1n) is 8.79. The summed E-state index contributed by atoms with van der Waals surface area (Å²) in [5, 5.41) is 4.61. The Kier molecular flexibility index (Phi) is 4.86. The van der Waals surface area contributed by atoms with Gasteiger partial charge in [0.2, 0.25) is 5.78 Å². The molecule has 4 rings (SSSR count). The Balaban J connectivity index is 1.81. The first kappa shape index (κ1) is 19.5. The van der Waals surface area contributed by atoms with Crippen LogP contribution in [-0.4, -0.2) is 12.8 Å². The van der Waals surface area contributed by atoms with E-state index < -0.39 is 17.8 Å². The molecule has 0 amide bonds. The summed E-state index contributed by atoms with van der Waals surface area (Å²) in [6, 6.07) is 16.8. The number of hydrogen-bond donors (Lipinski definition) is 1. The van der Waals surface area contributed by atoms with Crippen LogP contribution in [0.1, 0.15) is 22.8 Å². The highest BCUT2D eigenvalue weighted by atomic mass is 79.9. The number of fused-ring (bicyclic) bond motifs is 1. The van der Waals surface area contributed by atoms with Gasteiger partial charge in [-0.3, -0.25) is 4.79 Å². The van der Waals surface area contributed by atoms with Crippen molar-refractivity contribution in [2.75, 3.05) is 7.05 Å². The van der Waals surface area contributed by atoms with Gasteiger partial charge in [0.25, 0.3) is 0 Å². The van der Waals surface area contributed by atoms with E-state index in [2.05, 4.69) is 21.2 Å². The maximum Gasteiger partial charge on any atom is 0.417 e. The van der Waals surface area contributed by atoms with E-state index in [1.807, 2.05) is 36.4 Å². The van der Waals surface area contributed by atoms with E-state index in [-0.39, 0.29) is 27.3 Å². The Hall–Kier alpha value is -2.80. The van der Waals surface area contributed by atoms with Gasteiger partial charge in [-0.05, 0) is 28.5 Å². The number of hydrogen-bond acceptors (Lipinski definition) is 3. The highest BCUT2D eigenvalue weighted by Gasteiger charge is 2.39. The average molecular weight is 462 g/mol. The number of rotatable bonds is 3. The zero-order valence-corrected chi connectivity index (χ0v) is 16.8. The van der Waals surface area contributed by atoms with Crippen molar-refractivity contribution >= 4 is 38.1 Å². The van der Waals surface area contributed by atoms with E-state index >= 15 is 0 Å². The van der Waals surface area contributed by atoms with Crippen LogP contribution in [0.5, 0.6) is 0 Å². The Labute approximate surface area is 173 Å². The molecule has 0 bridgehead atoms. The van der Waals surface area contributed by atoms with Gasteiger partial charge >= 0.3 is 6.18 Å². The number of carbonyl (C=O) groups excluding carboxylic acids is 1. The molecule has 1 N–H and O–H groups in total. The minimum atomic E-state index is -4.55. The molecule has 0 aliphatic carbocycles. The highest BCUT2D eigenvalue weighted by Crippen LogP contribution is 2.42. The van der Waals surface area contributed by atoms with E-state index in [1.165, 1.54) is 12.1 Å². The van der Waals surface area contributed by atoms with E-state index in [1.54, 1.807) is 13.1 Å². The van der Waals surface area contributed by atoms with Crippen molar-refractivity contribution in [1.29, 1.82) is 0 Å². The maximum absolute atomic E-state index is 13.3. The summed E-state index contributed by atoms with van der Waals surface area (Å²) in [6.07, 6.45) is -5.48. The van der Waals surface area contributed by atoms with Crippen LogP contribution in [-0.2, 0) is 15.7 Å². The summed E-state index contributed by atoms with van der Waals surface area (Å²) in [5.74, 6) is -0.232. The Morgan fingerprint density at radius 3 is 2.48 bits per heavy atom. The Morgan fingerprint density at radius 2 is 1.76 bits per heavy atom. The predicted molar refractivity (Wildman–Crippen MR) is 108 cm³/mol. The smallest absolute Gasteiger partial charge is 0.417 e. The third kappa shape index (κ3) is 3.40. The van der Waals surface area contributed by atoms with Gasteiger partial charge in [-0.15, -0.1) is 0 Å². The molecule has 1 unspecified atom stereocenters. The molecule has 3 nitrogen and oxygen atoms in total. The number of alkyl halides is 3. The third-order valence-corrected chi connectivity index (χ3v) is 5.53. The third-order valence-electron chi connectivity index (χ3n) is 4.84. The lowest BCUT2D eigenvalue weighted by molar-refractivity contribution is -0.138. The van der Waals surface area contributed by atoms with Crippen LogP contribution in [0.2, 0.25) is 0 Å².